The molecule has 0 aromatic rings. The lowest BCUT2D eigenvalue weighted by Crippen LogP contribution is -2.70. The van der Waals surface area contributed by atoms with Crippen molar-refractivity contribution >= 4 is 23.7 Å². The maximum absolute atomic E-state index is 17.8. The van der Waals surface area contributed by atoms with Gasteiger partial charge in [0, 0.05) is 60.6 Å². The van der Waals surface area contributed by atoms with E-state index in [1.54, 1.807) is 34.6 Å². The van der Waals surface area contributed by atoms with Crippen LogP contribution >= 0.6 is 0 Å². The Morgan fingerprint density at radius 3 is 2.24 bits per heavy atom. The summed E-state index contributed by atoms with van der Waals surface area (Å²) in [6, 6.07) is -0.660. The molecule has 7 N–H and O–H groups in total. The van der Waals surface area contributed by atoms with Gasteiger partial charge in [-0.1, -0.05) is 40.7 Å². The molecular formula is C50H80F2N2O13. The first-order valence-electron chi connectivity index (χ1n) is 24.4. The SMILES string of the molecule is CC[C@H]1OC(=O)[C@H](C)[C@@H](O)[C@H](C)[C@@H](O)[C@](C)(O)C[C@@H](C)CN(CCCCNCCC(=O)O[C@]2(C(=O)OC)[C@H](C)CC3C4CC(F)=C5CC(=O)C=C[C@]5(C)[C@@]4(F)[C@@H](O)C[C@@]32C)[C@H](C)[C@@H](O)[C@]1(C)O. The fourth-order valence-electron chi connectivity index (χ4n) is 13.3. The van der Waals surface area contributed by atoms with E-state index < -0.39 is 123 Å². The van der Waals surface area contributed by atoms with Gasteiger partial charge in [0.05, 0.1) is 43.4 Å². The number of ketones is 1. The number of hydrogen-bond donors (Lipinski definition) is 7. The number of ether oxygens (including phenoxy) is 3. The molecule has 4 aliphatic carbocycles. The van der Waals surface area contributed by atoms with Crippen molar-refractivity contribution in [2.75, 3.05) is 33.3 Å². The monoisotopic (exact) mass is 955 g/mol. The number of methoxy groups -OCH3 is 1. The molecule has 67 heavy (non-hydrogen) atoms. The van der Waals surface area contributed by atoms with E-state index in [4.69, 9.17) is 14.2 Å². The minimum absolute atomic E-state index is 0.0296. The number of rotatable bonds is 11. The van der Waals surface area contributed by atoms with E-state index in [2.05, 4.69) is 5.32 Å². The number of alkyl halides is 1. The number of esters is 3. The molecule has 0 radical (unpaired) electrons. The zero-order valence-corrected chi connectivity index (χ0v) is 41.5. The van der Waals surface area contributed by atoms with Gasteiger partial charge in [-0.15, -0.1) is 0 Å². The summed E-state index contributed by atoms with van der Waals surface area (Å²) in [5, 5.41) is 72.2. The van der Waals surface area contributed by atoms with Crippen LogP contribution in [0.25, 0.3) is 0 Å². The topological polar surface area (TPSA) is 233 Å². The Morgan fingerprint density at radius 2 is 1.61 bits per heavy atom. The number of carbonyl (C=O) groups excluding carboxylic acids is 4. The Bertz CT molecular complexity index is 1900. The van der Waals surface area contributed by atoms with Gasteiger partial charge in [0.1, 0.15) is 23.6 Å². The molecule has 5 aliphatic rings. The van der Waals surface area contributed by atoms with Crippen LogP contribution < -0.4 is 5.32 Å². The molecule has 17 heteroatoms. The number of nitrogens with zero attached hydrogens (tertiary/aromatic N) is 1. The molecule has 2 unspecified atom stereocenters. The van der Waals surface area contributed by atoms with Crippen LogP contribution in [0.3, 0.4) is 0 Å². The average molecular weight is 955 g/mol. The molecule has 0 aromatic carbocycles. The van der Waals surface area contributed by atoms with E-state index in [0.717, 1.165) is 0 Å². The second kappa shape index (κ2) is 20.4. The maximum Gasteiger partial charge on any atom is 0.351 e. The van der Waals surface area contributed by atoms with Crippen molar-refractivity contribution in [3.63, 3.8) is 0 Å². The molecule has 1 saturated heterocycles. The predicted octanol–water partition coefficient (Wildman–Crippen LogP) is 4.02. The third-order valence-electron chi connectivity index (χ3n) is 17.3. The van der Waals surface area contributed by atoms with Gasteiger partial charge in [0.25, 0.3) is 0 Å². The number of aliphatic hydroxyl groups excluding tert-OH is 4. The molecule has 2 saturated carbocycles. The molecule has 1 heterocycles. The molecular weight excluding hydrogens is 875 g/mol. The quantitative estimate of drug-likeness (QED) is 0.0881. The van der Waals surface area contributed by atoms with Gasteiger partial charge in [-0.3, -0.25) is 19.3 Å². The summed E-state index contributed by atoms with van der Waals surface area (Å²) in [6.07, 6.45) is -3.73. The van der Waals surface area contributed by atoms with E-state index in [0.29, 0.717) is 32.5 Å². The number of nitrogens with one attached hydrogen (secondary N) is 1. The standard InChI is InChI=1S/C50H80F2N2O13/c1-12-38-48(10,64)42(60)31(6)54(26-27(2)24-47(9,63)41(59)29(4)40(58)30(5)43(61)66-38)20-14-13-18-53-19-16-39(57)67-50(44(62)65-11)28(3)21-33-34-23-36(51)35-22-32(55)15-17-45(35,7)49(34,52)37(56)25-46(33,50)8/h15,17,27-31,33-34,37-38,40-42,53,56,58-60,63-64H,12-14,16,18-26H2,1-11H3/t27-,28-,29+,30-,31-,33?,34?,37+,38-,40+,41-,42-,45+,46+,47-,48-,49+,50+/m1/s1. The van der Waals surface area contributed by atoms with Crippen LogP contribution in [0.1, 0.15) is 127 Å². The first-order valence-corrected chi connectivity index (χ1v) is 24.4. The summed E-state index contributed by atoms with van der Waals surface area (Å²) < 4.78 is 50.9. The largest absolute Gasteiger partial charge is 0.466 e. The van der Waals surface area contributed by atoms with E-state index in [9.17, 15) is 49.8 Å². The van der Waals surface area contributed by atoms with Crippen molar-refractivity contribution in [2.45, 2.75) is 186 Å². The van der Waals surface area contributed by atoms with Crippen molar-refractivity contribution in [3.05, 3.63) is 23.6 Å². The number of carbonyl (C=O) groups is 4. The summed E-state index contributed by atoms with van der Waals surface area (Å²) in [6.45, 7) is 17.6. The number of allylic oxidation sites excluding steroid dienone is 4. The van der Waals surface area contributed by atoms with Crippen LogP contribution in [0.15, 0.2) is 23.6 Å². The molecule has 18 atom stereocenters. The van der Waals surface area contributed by atoms with Crippen molar-refractivity contribution < 1.29 is 72.8 Å². The van der Waals surface area contributed by atoms with Crippen molar-refractivity contribution in [1.82, 2.24) is 10.2 Å². The summed E-state index contributed by atoms with van der Waals surface area (Å²) in [5.74, 6) is -8.01. The predicted molar refractivity (Wildman–Crippen MR) is 243 cm³/mol. The average Bonchev–Trinajstić information content (AvgIpc) is 3.48. The highest BCUT2D eigenvalue weighted by Crippen LogP contribution is 2.72. The van der Waals surface area contributed by atoms with E-state index in [-0.39, 0.29) is 68.8 Å². The molecule has 1 aliphatic heterocycles. The summed E-state index contributed by atoms with van der Waals surface area (Å²) in [5.41, 5.74) is -10.7. The van der Waals surface area contributed by atoms with Crippen LogP contribution in [-0.2, 0) is 33.4 Å². The summed E-state index contributed by atoms with van der Waals surface area (Å²) in [7, 11) is 1.17. The summed E-state index contributed by atoms with van der Waals surface area (Å²) >= 11 is 0. The minimum Gasteiger partial charge on any atom is -0.466 e. The third-order valence-corrected chi connectivity index (χ3v) is 17.3. The van der Waals surface area contributed by atoms with Crippen LogP contribution in [0, 0.1) is 46.3 Å². The number of unbranched alkanes of at least 4 members (excludes halogenated alkanes) is 1. The highest BCUT2D eigenvalue weighted by atomic mass is 19.1. The first kappa shape index (κ1) is 55.0. The van der Waals surface area contributed by atoms with Crippen molar-refractivity contribution in [2.24, 2.45) is 46.3 Å². The summed E-state index contributed by atoms with van der Waals surface area (Å²) in [4.78, 5) is 55.2. The fraction of sp³-hybridized carbons (Fsp3) is 0.840. The van der Waals surface area contributed by atoms with Crippen LogP contribution in [0.4, 0.5) is 8.78 Å². The molecule has 0 bridgehead atoms. The van der Waals surface area contributed by atoms with E-state index in [1.165, 1.54) is 47.0 Å². The maximum atomic E-state index is 17.8. The van der Waals surface area contributed by atoms with Gasteiger partial charge in [0.15, 0.2) is 11.5 Å². The Labute approximate surface area is 395 Å². The minimum atomic E-state index is -2.36. The lowest BCUT2D eigenvalue weighted by Gasteiger charge is -2.62. The van der Waals surface area contributed by atoms with Gasteiger partial charge in [-0.25, -0.2) is 13.6 Å². The van der Waals surface area contributed by atoms with Gasteiger partial charge in [-0.2, -0.15) is 0 Å². The molecule has 0 spiro atoms. The second-order valence-corrected chi connectivity index (χ2v) is 21.9. The molecule has 0 aromatic heterocycles. The molecule has 5 rings (SSSR count). The van der Waals surface area contributed by atoms with E-state index >= 15 is 8.78 Å². The van der Waals surface area contributed by atoms with Crippen LogP contribution in [0.5, 0.6) is 0 Å². The zero-order chi connectivity index (χ0) is 50.4. The molecule has 0 amide bonds. The number of cyclic esters (lactones) is 1. The normalized spacial score (nSPS) is 45.5. The van der Waals surface area contributed by atoms with Crippen LogP contribution in [0.2, 0.25) is 0 Å². The van der Waals surface area contributed by atoms with Crippen LogP contribution in [-0.4, -0.2) is 152 Å². The smallest absolute Gasteiger partial charge is 0.351 e. The van der Waals surface area contributed by atoms with E-state index in [1.807, 2.05) is 11.8 Å². The molecule has 15 nitrogen and oxygen atoms in total. The van der Waals surface area contributed by atoms with Gasteiger partial charge in [0.2, 0.25) is 5.60 Å². The Hall–Kier alpha value is -2.90. The number of hydrogen-bond acceptors (Lipinski definition) is 15. The third kappa shape index (κ3) is 9.67. The number of halogens is 2. The first-order chi connectivity index (χ1) is 31.0. The van der Waals surface area contributed by atoms with Crippen molar-refractivity contribution in [3.8, 4) is 0 Å². The van der Waals surface area contributed by atoms with Gasteiger partial charge >= 0.3 is 17.9 Å². The number of fused-ring (bicyclic) bond motifs is 5. The highest BCUT2D eigenvalue weighted by Gasteiger charge is 2.78. The van der Waals surface area contributed by atoms with Crippen molar-refractivity contribution in [1.29, 1.82) is 0 Å². The Balaban J connectivity index is 1.24. The van der Waals surface area contributed by atoms with Gasteiger partial charge < -0.3 is 50.2 Å². The lowest BCUT2D eigenvalue weighted by atomic mass is 9.45. The molecule has 382 valence electrons. The number of aliphatic hydroxyl groups is 6. The second-order valence-electron chi connectivity index (χ2n) is 21.9. The Kier molecular flexibility index (Phi) is 16.8. The fourth-order valence-corrected chi connectivity index (χ4v) is 13.3. The lowest BCUT2D eigenvalue weighted by molar-refractivity contribution is -0.234. The zero-order valence-electron chi connectivity index (χ0n) is 41.5. The Morgan fingerprint density at radius 1 is 0.955 bits per heavy atom. The molecule has 3 fully saturated rings. The van der Waals surface area contributed by atoms with Gasteiger partial charge in [-0.05, 0) is 110 Å². The highest BCUT2D eigenvalue weighted by molar-refractivity contribution is 5.93.